The number of hydrogen-bond acceptors (Lipinski definition) is 6. The van der Waals surface area contributed by atoms with Crippen LogP contribution in [-0.2, 0) is 15.9 Å². The summed E-state index contributed by atoms with van der Waals surface area (Å²) in [5.41, 5.74) is -0.225. The standard InChI is InChI=1S/C10H11N3O5S2/c1-18-10(14)12-9(19)11-7-4-3-6(20(2)17)5-8(7)13(15)16/h3-5H,1-2H3,(H2,11,12,14,19). The summed E-state index contributed by atoms with van der Waals surface area (Å²) in [6.45, 7) is 0. The molecule has 1 aromatic rings. The topological polar surface area (TPSA) is 117 Å². The number of ether oxygens (including phenoxy) is 1. The van der Waals surface area contributed by atoms with Gasteiger partial charge in [0.05, 0.1) is 18.1 Å². The number of methoxy groups -OCH3 is 1. The molecular formula is C10H11N3O5S2. The predicted octanol–water partition coefficient (Wildman–Crippen LogP) is 1.39. The highest BCUT2D eigenvalue weighted by atomic mass is 32.2. The van der Waals surface area contributed by atoms with Crippen LogP contribution in [0.5, 0.6) is 0 Å². The zero-order valence-electron chi connectivity index (χ0n) is 10.5. The number of nitro benzene ring substituents is 1. The molecule has 1 amide bonds. The third-order valence-corrected chi connectivity index (χ3v) is 3.27. The van der Waals surface area contributed by atoms with Crippen molar-refractivity contribution in [3.05, 3.63) is 28.3 Å². The van der Waals surface area contributed by atoms with Crippen LogP contribution in [0, 0.1) is 10.1 Å². The number of amides is 1. The molecule has 8 nitrogen and oxygen atoms in total. The number of benzene rings is 1. The van der Waals surface area contributed by atoms with Gasteiger partial charge in [0.15, 0.2) is 10.0 Å². The number of alkyl carbamates (subject to hydrolysis) is 1. The monoisotopic (exact) mass is 317 g/mol. The molecule has 2 N–H and O–H groups in total. The Hall–Kier alpha value is -1.91. The number of thiocarbonyl (C=S) groups is 1. The molecule has 0 aliphatic carbocycles. The quantitative estimate of drug-likeness (QED) is 0.374. The van der Waals surface area contributed by atoms with E-state index in [4.69, 9.17) is 12.2 Å². The molecule has 0 heterocycles. The van der Waals surface area contributed by atoms with Crippen molar-refractivity contribution in [2.24, 2.45) is 0 Å². The molecule has 108 valence electrons. The highest BCUT2D eigenvalue weighted by Crippen LogP contribution is 2.27. The molecule has 0 bridgehead atoms. The van der Waals surface area contributed by atoms with Crippen molar-refractivity contribution in [3.8, 4) is 0 Å². The molecule has 0 fully saturated rings. The minimum atomic E-state index is -1.34. The Labute approximate surface area is 122 Å². The van der Waals surface area contributed by atoms with Crippen LogP contribution in [0.2, 0.25) is 0 Å². The van der Waals surface area contributed by atoms with E-state index < -0.39 is 22.2 Å². The van der Waals surface area contributed by atoms with Crippen molar-refractivity contribution in [3.63, 3.8) is 0 Å². The molecule has 0 radical (unpaired) electrons. The maximum absolute atomic E-state index is 11.3. The molecule has 0 aliphatic rings. The zero-order chi connectivity index (χ0) is 15.3. The fourth-order valence-electron chi connectivity index (χ4n) is 1.24. The van der Waals surface area contributed by atoms with E-state index in [0.717, 1.165) is 7.11 Å². The lowest BCUT2D eigenvalue weighted by atomic mass is 10.2. The van der Waals surface area contributed by atoms with Gasteiger partial charge in [-0.2, -0.15) is 0 Å². The lowest BCUT2D eigenvalue weighted by Crippen LogP contribution is -2.34. The summed E-state index contributed by atoms with van der Waals surface area (Å²) in [6, 6.07) is 4.01. The lowest BCUT2D eigenvalue weighted by Gasteiger charge is -2.10. The summed E-state index contributed by atoms with van der Waals surface area (Å²) in [4.78, 5) is 21.6. The van der Waals surface area contributed by atoms with Crippen LogP contribution in [0.3, 0.4) is 0 Å². The summed E-state index contributed by atoms with van der Waals surface area (Å²) in [5.74, 6) is 0. The summed E-state index contributed by atoms with van der Waals surface area (Å²) >= 11 is 3.46. The molecule has 0 aromatic heterocycles. The third kappa shape index (κ3) is 4.33. The largest absolute Gasteiger partial charge is 0.612 e. The Morgan fingerprint density at radius 3 is 2.65 bits per heavy atom. The van der Waals surface area contributed by atoms with E-state index in [-0.39, 0.29) is 16.5 Å². The van der Waals surface area contributed by atoms with E-state index in [0.29, 0.717) is 4.90 Å². The van der Waals surface area contributed by atoms with Crippen molar-refractivity contribution in [1.29, 1.82) is 0 Å². The summed E-state index contributed by atoms with van der Waals surface area (Å²) < 4.78 is 15.6. The number of carbonyl (C=O) groups excluding carboxylic acids is 1. The summed E-state index contributed by atoms with van der Waals surface area (Å²) in [6.07, 6.45) is 0.617. The average molecular weight is 317 g/mol. The second kappa shape index (κ2) is 7.03. The van der Waals surface area contributed by atoms with E-state index >= 15 is 0 Å². The van der Waals surface area contributed by atoms with Crippen molar-refractivity contribution in [2.45, 2.75) is 4.90 Å². The number of rotatable bonds is 3. The second-order valence-electron chi connectivity index (χ2n) is 3.46. The van der Waals surface area contributed by atoms with Gasteiger partial charge in [0.25, 0.3) is 5.69 Å². The van der Waals surface area contributed by atoms with E-state index in [9.17, 15) is 19.5 Å². The molecular weight excluding hydrogens is 306 g/mol. The number of carbonyl (C=O) groups is 1. The minimum absolute atomic E-state index is 0.0746. The fourth-order valence-corrected chi connectivity index (χ4v) is 1.97. The first kappa shape index (κ1) is 16.1. The molecule has 1 atom stereocenters. The first-order valence-electron chi connectivity index (χ1n) is 5.13. The molecule has 1 unspecified atom stereocenters. The molecule has 1 rings (SSSR count). The van der Waals surface area contributed by atoms with Crippen LogP contribution >= 0.6 is 12.2 Å². The maximum Gasteiger partial charge on any atom is 0.413 e. The Kier molecular flexibility index (Phi) is 5.67. The molecule has 10 heteroatoms. The Morgan fingerprint density at radius 1 is 1.50 bits per heavy atom. The predicted molar refractivity (Wildman–Crippen MR) is 77.2 cm³/mol. The third-order valence-electron chi connectivity index (χ3n) is 2.15. The second-order valence-corrected chi connectivity index (χ2v) is 5.25. The number of nitrogens with one attached hydrogen (secondary N) is 2. The molecule has 0 aliphatic heterocycles. The van der Waals surface area contributed by atoms with Crippen LogP contribution in [0.1, 0.15) is 0 Å². The molecule has 1 aromatic carbocycles. The lowest BCUT2D eigenvalue weighted by molar-refractivity contribution is -0.384. The van der Waals surface area contributed by atoms with Gasteiger partial charge in [-0.3, -0.25) is 15.4 Å². The van der Waals surface area contributed by atoms with Crippen molar-refractivity contribution in [1.82, 2.24) is 5.32 Å². The first-order chi connectivity index (χ1) is 9.35. The Bertz CT molecular complexity index is 550. The van der Waals surface area contributed by atoms with Crippen LogP contribution in [0.15, 0.2) is 23.1 Å². The number of nitrogens with zero attached hydrogens (tertiary/aromatic N) is 1. The van der Waals surface area contributed by atoms with Crippen LogP contribution in [0.4, 0.5) is 16.2 Å². The fraction of sp³-hybridized carbons (Fsp3) is 0.200. The zero-order valence-corrected chi connectivity index (χ0v) is 12.2. The van der Waals surface area contributed by atoms with Gasteiger partial charge in [0, 0.05) is 0 Å². The molecule has 0 saturated carbocycles. The van der Waals surface area contributed by atoms with Crippen LogP contribution in [0.25, 0.3) is 0 Å². The molecule has 20 heavy (non-hydrogen) atoms. The number of hydrogen-bond donors (Lipinski definition) is 2. The Morgan fingerprint density at radius 2 is 2.15 bits per heavy atom. The summed E-state index contributed by atoms with van der Waals surface area (Å²) in [7, 11) is 1.16. The van der Waals surface area contributed by atoms with Gasteiger partial charge in [-0.1, -0.05) is 0 Å². The van der Waals surface area contributed by atoms with Gasteiger partial charge in [-0.05, 0) is 35.5 Å². The molecule has 0 saturated heterocycles. The highest BCUT2D eigenvalue weighted by Gasteiger charge is 2.19. The van der Waals surface area contributed by atoms with Gasteiger partial charge >= 0.3 is 6.09 Å². The smallest absolute Gasteiger partial charge is 0.413 e. The number of anilines is 1. The SMILES string of the molecule is COC(=O)NC(=S)Nc1ccc([S+](C)[O-])cc1[N+](=O)[O-]. The Balaban J connectivity index is 2.97. The normalized spacial score (nSPS) is 11.3. The van der Waals surface area contributed by atoms with Crippen molar-refractivity contribution >= 4 is 46.0 Å². The van der Waals surface area contributed by atoms with E-state index in [1.807, 2.05) is 0 Å². The van der Waals surface area contributed by atoms with Gasteiger partial charge in [-0.25, -0.2) is 4.79 Å². The van der Waals surface area contributed by atoms with Crippen LogP contribution < -0.4 is 10.6 Å². The summed E-state index contributed by atoms with van der Waals surface area (Å²) in [5, 5.41) is 15.5. The van der Waals surface area contributed by atoms with Gasteiger partial charge < -0.3 is 14.6 Å². The van der Waals surface area contributed by atoms with Crippen LogP contribution in [-0.4, -0.2) is 34.0 Å². The first-order valence-corrected chi connectivity index (χ1v) is 7.09. The van der Waals surface area contributed by atoms with E-state index in [1.54, 1.807) is 0 Å². The highest BCUT2D eigenvalue weighted by molar-refractivity contribution is 7.90. The van der Waals surface area contributed by atoms with Gasteiger partial charge in [0.2, 0.25) is 0 Å². The number of nitro groups is 1. The van der Waals surface area contributed by atoms with E-state index in [2.05, 4.69) is 15.4 Å². The minimum Gasteiger partial charge on any atom is -0.612 e. The average Bonchev–Trinajstić information content (AvgIpc) is 2.38. The van der Waals surface area contributed by atoms with E-state index in [1.165, 1.54) is 24.5 Å². The van der Waals surface area contributed by atoms with Gasteiger partial charge in [0.1, 0.15) is 11.9 Å². The van der Waals surface area contributed by atoms with Crippen molar-refractivity contribution in [2.75, 3.05) is 18.7 Å². The molecule has 0 spiro atoms. The maximum atomic E-state index is 11.3. The van der Waals surface area contributed by atoms with Gasteiger partial charge in [-0.15, -0.1) is 0 Å². The van der Waals surface area contributed by atoms with Crippen molar-refractivity contribution < 1.29 is 19.0 Å².